The summed E-state index contributed by atoms with van der Waals surface area (Å²) in [5, 5.41) is 13.9. The van der Waals surface area contributed by atoms with Gasteiger partial charge in [-0.3, -0.25) is 9.36 Å². The highest BCUT2D eigenvalue weighted by Gasteiger charge is 2.24. The van der Waals surface area contributed by atoms with Gasteiger partial charge < -0.3 is 28.8 Å². The first-order valence-corrected chi connectivity index (χ1v) is 26.5. The molecule has 0 heterocycles. The summed E-state index contributed by atoms with van der Waals surface area (Å²) in [7, 11) is 1.28. The first-order valence-electron chi connectivity index (χ1n) is 25.1. The van der Waals surface area contributed by atoms with E-state index in [4.69, 9.17) is 9.05 Å². The third-order valence-corrected chi connectivity index (χ3v) is 11.6. The second-order valence-corrected chi connectivity index (χ2v) is 19.2. The lowest BCUT2D eigenvalue weighted by Crippen LogP contribution is -2.46. The molecule has 0 aromatic rings. The Labute approximate surface area is 388 Å². The molecule has 0 aromatic heterocycles. The Morgan fingerprint density at radius 2 is 0.968 bits per heavy atom. The van der Waals surface area contributed by atoms with Gasteiger partial charge in [-0.15, -0.1) is 0 Å². The Morgan fingerprint density at radius 1 is 0.571 bits per heavy atom. The van der Waals surface area contributed by atoms with E-state index in [-0.39, 0.29) is 19.1 Å². The van der Waals surface area contributed by atoms with Crippen molar-refractivity contribution in [1.29, 1.82) is 0 Å². The smallest absolute Gasteiger partial charge is 0.268 e. The lowest BCUT2D eigenvalue weighted by molar-refractivity contribution is -0.870. The molecule has 2 N–H and O–H groups in total. The van der Waals surface area contributed by atoms with E-state index in [0.717, 1.165) is 103 Å². The maximum Gasteiger partial charge on any atom is 0.268 e. The second kappa shape index (κ2) is 44.6. The number of nitrogens with zero attached hydrogens (tertiary/aromatic N) is 1. The van der Waals surface area contributed by atoms with Crippen molar-refractivity contribution in [1.82, 2.24) is 5.32 Å². The van der Waals surface area contributed by atoms with Crippen LogP contribution in [0.2, 0.25) is 0 Å². The molecule has 0 spiro atoms. The molecule has 3 unspecified atom stereocenters. The van der Waals surface area contributed by atoms with Gasteiger partial charge in [-0.1, -0.05) is 201 Å². The Kier molecular flexibility index (Phi) is 42.8. The number of allylic oxidation sites excluding steroid dienone is 16. The van der Waals surface area contributed by atoms with Crippen molar-refractivity contribution in [3.63, 3.8) is 0 Å². The van der Waals surface area contributed by atoms with Crippen molar-refractivity contribution >= 4 is 13.7 Å². The number of aliphatic hydroxyl groups is 1. The number of quaternary nitrogens is 1. The van der Waals surface area contributed by atoms with Crippen LogP contribution in [0.1, 0.15) is 187 Å². The predicted molar refractivity (Wildman–Crippen MR) is 269 cm³/mol. The Balaban J connectivity index is 4.20. The van der Waals surface area contributed by atoms with Crippen LogP contribution in [0, 0.1) is 0 Å². The number of rotatable bonds is 44. The van der Waals surface area contributed by atoms with Crippen molar-refractivity contribution in [2.24, 2.45) is 0 Å². The first kappa shape index (κ1) is 60.4. The quantitative estimate of drug-likeness (QED) is 0.0273. The number of phosphoric ester groups is 1. The molecular weight excluding hydrogens is 804 g/mol. The lowest BCUT2D eigenvalue weighted by atomic mass is 10.0. The summed E-state index contributed by atoms with van der Waals surface area (Å²) in [6.45, 7) is 4.55. The summed E-state index contributed by atoms with van der Waals surface area (Å²) in [6, 6.07) is -0.813. The van der Waals surface area contributed by atoms with Crippen LogP contribution >= 0.6 is 7.82 Å². The van der Waals surface area contributed by atoms with Crippen molar-refractivity contribution in [3.8, 4) is 0 Å². The zero-order valence-corrected chi connectivity index (χ0v) is 41.9. The van der Waals surface area contributed by atoms with E-state index in [1.54, 1.807) is 0 Å². The molecule has 0 rings (SSSR count). The van der Waals surface area contributed by atoms with Crippen LogP contribution in [-0.4, -0.2) is 68.5 Å². The molecule has 0 aliphatic heterocycles. The van der Waals surface area contributed by atoms with E-state index in [0.29, 0.717) is 23.9 Å². The van der Waals surface area contributed by atoms with Crippen LogP contribution in [0.15, 0.2) is 97.2 Å². The fraction of sp³-hybridized carbons (Fsp3) is 0.685. The van der Waals surface area contributed by atoms with Gasteiger partial charge in [0.25, 0.3) is 7.82 Å². The molecule has 0 aliphatic rings. The van der Waals surface area contributed by atoms with Crippen LogP contribution in [0.25, 0.3) is 0 Å². The van der Waals surface area contributed by atoms with E-state index in [2.05, 4.69) is 116 Å². The van der Waals surface area contributed by atoms with Gasteiger partial charge >= 0.3 is 0 Å². The highest BCUT2D eigenvalue weighted by atomic mass is 31.2. The predicted octanol–water partition coefficient (Wildman–Crippen LogP) is 14.1. The van der Waals surface area contributed by atoms with Gasteiger partial charge in [0.05, 0.1) is 39.9 Å². The number of unbranched alkanes of at least 4 members (excludes halogenated alkanes) is 15. The molecule has 0 fully saturated rings. The molecule has 0 bridgehead atoms. The van der Waals surface area contributed by atoms with Gasteiger partial charge in [-0.25, -0.2) is 0 Å². The summed E-state index contributed by atoms with van der Waals surface area (Å²) in [5.41, 5.74) is 0. The molecule has 0 aliphatic carbocycles. The molecule has 0 saturated heterocycles. The molecule has 63 heavy (non-hydrogen) atoms. The van der Waals surface area contributed by atoms with Gasteiger partial charge in [-0.2, -0.15) is 0 Å². The Morgan fingerprint density at radius 3 is 1.41 bits per heavy atom. The number of carbonyl (C=O) groups excluding carboxylic acids is 1. The molecule has 362 valence electrons. The highest BCUT2D eigenvalue weighted by molar-refractivity contribution is 7.45. The number of phosphoric acid groups is 1. The number of aliphatic hydroxyl groups excluding tert-OH is 1. The minimum absolute atomic E-state index is 0.00357. The topological polar surface area (TPSA) is 108 Å². The van der Waals surface area contributed by atoms with Gasteiger partial charge in [0.2, 0.25) is 5.91 Å². The van der Waals surface area contributed by atoms with E-state index in [9.17, 15) is 19.4 Å². The molecule has 3 atom stereocenters. The number of hydrogen-bond donors (Lipinski definition) is 2. The van der Waals surface area contributed by atoms with E-state index in [1.165, 1.54) is 57.8 Å². The third kappa shape index (κ3) is 47.2. The van der Waals surface area contributed by atoms with E-state index in [1.807, 2.05) is 21.1 Å². The monoisotopic (exact) mass is 899 g/mol. The maximum absolute atomic E-state index is 12.9. The van der Waals surface area contributed by atoms with Crippen LogP contribution in [0.3, 0.4) is 0 Å². The summed E-state index contributed by atoms with van der Waals surface area (Å²) in [4.78, 5) is 25.3. The molecular formula is C54H95N2O6P. The standard InChI is InChI=1S/C54H95N2O6P/c1-6-8-10-12-14-16-18-19-20-21-22-23-24-25-26-27-28-29-30-31-32-33-34-35-36-37-38-40-42-44-46-48-54(58)55-52(51-62-63(59,60)61-50-49-56(3,4)5)53(57)47-45-43-41-39-17-15-13-11-9-7-2/h8,10,14,16,19-20,22-23,25-26,28-29,31-32,34-35,52-53,57H,6-7,9,11-13,15,17-18,21,24,27,30,33,36-51H2,1-5H3,(H-,55,58,59,60)/b10-8-,16-14-,20-19-,23-22-,26-25-,29-28-,32-31-,35-34-. The summed E-state index contributed by atoms with van der Waals surface area (Å²) >= 11 is 0. The van der Waals surface area contributed by atoms with Crippen molar-refractivity contribution < 1.29 is 32.9 Å². The summed E-state index contributed by atoms with van der Waals surface area (Å²) in [6.07, 6.45) is 62.8. The minimum Gasteiger partial charge on any atom is -0.756 e. The molecule has 9 heteroatoms. The average molecular weight is 899 g/mol. The number of nitrogens with one attached hydrogen (secondary N) is 1. The zero-order chi connectivity index (χ0) is 46.4. The Hall–Kier alpha value is -2.58. The second-order valence-electron chi connectivity index (χ2n) is 17.8. The fourth-order valence-corrected chi connectivity index (χ4v) is 7.36. The fourth-order valence-electron chi connectivity index (χ4n) is 6.64. The molecule has 0 radical (unpaired) electrons. The SMILES string of the molecule is CC/C=C\C/C=C\C/C=C\C/C=C\C/C=C\C/C=C\C/C=C\C/C=C\CCCCCCCCC(=O)NC(COP(=O)([O-])OCC[N+](C)(C)C)C(O)CCCCCCCCCCCC. The highest BCUT2D eigenvalue weighted by Crippen LogP contribution is 2.38. The third-order valence-electron chi connectivity index (χ3n) is 10.6. The van der Waals surface area contributed by atoms with Crippen LogP contribution in [0.4, 0.5) is 0 Å². The van der Waals surface area contributed by atoms with Crippen molar-refractivity contribution in [3.05, 3.63) is 97.2 Å². The number of likely N-dealkylation sites (N-methyl/N-ethyl adjacent to an activating group) is 1. The van der Waals surface area contributed by atoms with Crippen LogP contribution in [0.5, 0.6) is 0 Å². The molecule has 0 saturated carbocycles. The van der Waals surface area contributed by atoms with Crippen molar-refractivity contribution in [2.75, 3.05) is 40.9 Å². The largest absolute Gasteiger partial charge is 0.756 e. The first-order chi connectivity index (χ1) is 30.5. The summed E-state index contributed by atoms with van der Waals surface area (Å²) in [5.74, 6) is -0.186. The zero-order valence-electron chi connectivity index (χ0n) is 41.0. The van der Waals surface area contributed by atoms with Gasteiger partial charge in [-0.05, 0) is 77.0 Å². The number of amides is 1. The molecule has 0 aromatic carbocycles. The minimum atomic E-state index is -4.57. The number of hydrogen-bond acceptors (Lipinski definition) is 6. The van der Waals surface area contributed by atoms with E-state index < -0.39 is 20.0 Å². The van der Waals surface area contributed by atoms with E-state index >= 15 is 0 Å². The van der Waals surface area contributed by atoms with Crippen molar-refractivity contribution in [2.45, 2.75) is 199 Å². The van der Waals surface area contributed by atoms with Gasteiger partial charge in [0, 0.05) is 6.42 Å². The lowest BCUT2D eigenvalue weighted by Gasteiger charge is -2.30. The van der Waals surface area contributed by atoms with Gasteiger partial charge in [0.1, 0.15) is 13.2 Å². The summed E-state index contributed by atoms with van der Waals surface area (Å²) < 4.78 is 23.2. The molecule has 1 amide bonds. The average Bonchev–Trinajstić information content (AvgIpc) is 3.24. The molecule has 8 nitrogen and oxygen atoms in total. The Bertz CT molecular complexity index is 1340. The van der Waals surface area contributed by atoms with Crippen LogP contribution < -0.4 is 10.2 Å². The number of carbonyl (C=O) groups is 1. The maximum atomic E-state index is 12.9. The van der Waals surface area contributed by atoms with Gasteiger partial charge in [0.15, 0.2) is 0 Å². The van der Waals surface area contributed by atoms with Crippen LogP contribution in [-0.2, 0) is 18.4 Å². The normalized spacial score (nSPS) is 15.0.